The smallest absolute Gasteiger partial charge is 0.340 e. The van der Waals surface area contributed by atoms with Crippen molar-refractivity contribution in [3.63, 3.8) is 0 Å². The minimum atomic E-state index is -0.677. The summed E-state index contributed by atoms with van der Waals surface area (Å²) in [5.41, 5.74) is 8.07. The minimum absolute atomic E-state index is 0.170. The van der Waals surface area contributed by atoms with E-state index in [4.69, 9.17) is 10.5 Å². The van der Waals surface area contributed by atoms with Gasteiger partial charge in [-0.25, -0.2) is 4.79 Å². The summed E-state index contributed by atoms with van der Waals surface area (Å²) in [6, 6.07) is 13.7. The van der Waals surface area contributed by atoms with Crippen molar-refractivity contribution in [2.75, 3.05) is 12.3 Å². The van der Waals surface area contributed by atoms with Crippen LogP contribution in [0.3, 0.4) is 0 Å². The fourth-order valence-electron chi connectivity index (χ4n) is 2.45. The van der Waals surface area contributed by atoms with Gasteiger partial charge in [0.1, 0.15) is 0 Å². The molecular weight excluding hydrogens is 332 g/mol. The zero-order chi connectivity index (χ0) is 19.1. The van der Waals surface area contributed by atoms with E-state index in [1.807, 2.05) is 30.3 Å². The van der Waals surface area contributed by atoms with Gasteiger partial charge in [0.05, 0.1) is 11.6 Å². The Morgan fingerprint density at radius 2 is 1.77 bits per heavy atom. The molecule has 1 atom stereocenters. The monoisotopic (exact) mass is 354 g/mol. The second kappa shape index (κ2) is 8.80. The number of para-hydroxylation sites is 1. The first-order valence-corrected chi connectivity index (χ1v) is 8.24. The van der Waals surface area contributed by atoms with Crippen LogP contribution in [0.2, 0.25) is 0 Å². The molecule has 0 heterocycles. The van der Waals surface area contributed by atoms with Crippen molar-refractivity contribution in [2.24, 2.45) is 0 Å². The Balaban J connectivity index is 1.93. The molecule has 6 nitrogen and oxygen atoms in total. The number of rotatable bonds is 7. The highest BCUT2D eigenvalue weighted by molar-refractivity contribution is 5.97. The van der Waals surface area contributed by atoms with Gasteiger partial charge in [-0.2, -0.15) is 0 Å². The zero-order valence-electron chi connectivity index (χ0n) is 14.8. The van der Waals surface area contributed by atoms with Crippen LogP contribution in [0.4, 0.5) is 5.69 Å². The van der Waals surface area contributed by atoms with E-state index in [9.17, 15) is 14.4 Å². The molecular formula is C20H22N2O4. The number of amides is 1. The fourth-order valence-corrected chi connectivity index (χ4v) is 2.45. The van der Waals surface area contributed by atoms with Crippen LogP contribution in [0.25, 0.3) is 0 Å². The van der Waals surface area contributed by atoms with Crippen LogP contribution < -0.4 is 11.1 Å². The van der Waals surface area contributed by atoms with Gasteiger partial charge in [-0.15, -0.1) is 0 Å². The van der Waals surface area contributed by atoms with Crippen LogP contribution >= 0.6 is 0 Å². The van der Waals surface area contributed by atoms with Gasteiger partial charge in [0.15, 0.2) is 12.4 Å². The number of aryl methyl sites for hydroxylation is 1. The third-order valence-electron chi connectivity index (χ3n) is 3.99. The van der Waals surface area contributed by atoms with Crippen LogP contribution in [0.15, 0.2) is 48.5 Å². The molecule has 3 N–H and O–H groups in total. The highest BCUT2D eigenvalue weighted by Gasteiger charge is 2.19. The summed E-state index contributed by atoms with van der Waals surface area (Å²) < 4.78 is 5.01. The first kappa shape index (κ1) is 19.2. The van der Waals surface area contributed by atoms with E-state index in [-0.39, 0.29) is 11.3 Å². The van der Waals surface area contributed by atoms with Crippen molar-refractivity contribution in [2.45, 2.75) is 26.3 Å². The van der Waals surface area contributed by atoms with Crippen LogP contribution in [-0.4, -0.2) is 30.3 Å². The number of ketones is 1. The average molecular weight is 354 g/mol. The SMILES string of the molecule is CC(=O)[C@@H](Cc1ccccc1)NC(=O)COC(=O)c1cccc(C)c1N. The maximum Gasteiger partial charge on any atom is 0.340 e. The number of Topliss-reactive ketones (excluding diaryl/α,β-unsaturated/α-hetero) is 1. The second-order valence-electron chi connectivity index (χ2n) is 6.03. The van der Waals surface area contributed by atoms with Crippen LogP contribution in [0.5, 0.6) is 0 Å². The predicted octanol–water partition coefficient (Wildman–Crippen LogP) is 2.05. The fraction of sp³-hybridized carbons (Fsp3) is 0.250. The molecule has 0 saturated heterocycles. The normalized spacial score (nSPS) is 11.5. The summed E-state index contributed by atoms with van der Waals surface area (Å²) in [6.45, 7) is 2.71. The topological polar surface area (TPSA) is 98.5 Å². The molecule has 0 fully saturated rings. The quantitative estimate of drug-likeness (QED) is 0.586. The van der Waals surface area contributed by atoms with Gasteiger partial charge in [0.2, 0.25) is 0 Å². The molecule has 2 rings (SSSR count). The first-order valence-electron chi connectivity index (χ1n) is 8.24. The number of esters is 1. The number of ether oxygens (including phenoxy) is 1. The lowest BCUT2D eigenvalue weighted by Crippen LogP contribution is -2.43. The van der Waals surface area contributed by atoms with E-state index < -0.39 is 24.5 Å². The molecule has 0 radical (unpaired) electrons. The Labute approximate surface area is 152 Å². The molecule has 0 saturated carbocycles. The lowest BCUT2D eigenvalue weighted by molar-refractivity contribution is -0.128. The van der Waals surface area contributed by atoms with Crippen molar-refractivity contribution in [1.29, 1.82) is 0 Å². The van der Waals surface area contributed by atoms with Crippen LogP contribution in [0, 0.1) is 6.92 Å². The molecule has 0 aliphatic heterocycles. The summed E-state index contributed by atoms with van der Waals surface area (Å²) in [6.07, 6.45) is 0.376. The number of hydrogen-bond acceptors (Lipinski definition) is 5. The Kier molecular flexibility index (Phi) is 6.49. The Morgan fingerprint density at radius 3 is 2.42 bits per heavy atom. The number of carbonyl (C=O) groups excluding carboxylic acids is 3. The molecule has 0 bridgehead atoms. The van der Waals surface area contributed by atoms with Gasteiger partial charge in [-0.05, 0) is 37.5 Å². The third-order valence-corrected chi connectivity index (χ3v) is 3.99. The van der Waals surface area contributed by atoms with Gasteiger partial charge in [-0.1, -0.05) is 42.5 Å². The summed E-state index contributed by atoms with van der Waals surface area (Å²) in [7, 11) is 0. The van der Waals surface area contributed by atoms with Gasteiger partial charge in [0.25, 0.3) is 5.91 Å². The second-order valence-corrected chi connectivity index (χ2v) is 6.03. The lowest BCUT2D eigenvalue weighted by atomic mass is 10.0. The molecule has 6 heteroatoms. The van der Waals surface area contributed by atoms with Crippen LogP contribution in [-0.2, 0) is 20.7 Å². The molecule has 0 aliphatic carbocycles. The average Bonchev–Trinajstić information content (AvgIpc) is 2.62. The maximum atomic E-state index is 12.1. The number of nitrogens with one attached hydrogen (secondary N) is 1. The Bertz CT molecular complexity index is 803. The number of anilines is 1. The Hall–Kier alpha value is -3.15. The van der Waals surface area contributed by atoms with E-state index in [0.29, 0.717) is 12.1 Å². The molecule has 2 aromatic rings. The maximum absolute atomic E-state index is 12.1. The lowest BCUT2D eigenvalue weighted by Gasteiger charge is -2.16. The van der Waals surface area contributed by atoms with E-state index in [1.165, 1.54) is 13.0 Å². The van der Waals surface area contributed by atoms with E-state index in [1.54, 1.807) is 19.1 Å². The molecule has 2 aromatic carbocycles. The van der Waals surface area contributed by atoms with Gasteiger partial charge >= 0.3 is 5.97 Å². The van der Waals surface area contributed by atoms with Crippen LogP contribution in [0.1, 0.15) is 28.4 Å². The largest absolute Gasteiger partial charge is 0.452 e. The van der Waals surface area contributed by atoms with E-state index >= 15 is 0 Å². The Morgan fingerprint density at radius 1 is 1.08 bits per heavy atom. The first-order chi connectivity index (χ1) is 12.4. The van der Waals surface area contributed by atoms with Crippen molar-refractivity contribution >= 4 is 23.3 Å². The van der Waals surface area contributed by atoms with E-state index in [2.05, 4.69) is 5.32 Å². The highest BCUT2D eigenvalue weighted by atomic mass is 16.5. The summed E-state index contributed by atoms with van der Waals surface area (Å²) >= 11 is 0. The number of nitrogen functional groups attached to an aromatic ring is 1. The summed E-state index contributed by atoms with van der Waals surface area (Å²) in [5.74, 6) is -1.39. The number of hydrogen-bond donors (Lipinski definition) is 2. The standard InChI is InChI=1S/C20H22N2O4/c1-13-7-6-10-16(19(13)21)20(25)26-12-18(24)22-17(14(2)23)11-15-8-4-3-5-9-15/h3-10,17H,11-12,21H2,1-2H3,(H,22,24)/t17-/m1/s1. The molecule has 26 heavy (non-hydrogen) atoms. The molecule has 0 aliphatic rings. The number of benzene rings is 2. The zero-order valence-corrected chi connectivity index (χ0v) is 14.8. The third kappa shape index (κ3) is 5.17. The number of nitrogens with two attached hydrogens (primary N) is 1. The minimum Gasteiger partial charge on any atom is -0.452 e. The van der Waals surface area contributed by atoms with E-state index in [0.717, 1.165) is 11.1 Å². The predicted molar refractivity (Wildman–Crippen MR) is 98.6 cm³/mol. The summed E-state index contributed by atoms with van der Waals surface area (Å²) in [4.78, 5) is 35.9. The van der Waals surface area contributed by atoms with Crippen molar-refractivity contribution in [1.82, 2.24) is 5.32 Å². The van der Waals surface area contributed by atoms with Gasteiger partial charge in [0, 0.05) is 5.69 Å². The van der Waals surface area contributed by atoms with Crippen molar-refractivity contribution in [3.05, 3.63) is 65.2 Å². The van der Waals surface area contributed by atoms with Crippen molar-refractivity contribution < 1.29 is 19.1 Å². The molecule has 1 amide bonds. The van der Waals surface area contributed by atoms with Crippen molar-refractivity contribution in [3.8, 4) is 0 Å². The molecule has 0 unspecified atom stereocenters. The molecule has 136 valence electrons. The molecule has 0 aromatic heterocycles. The number of carbonyl (C=O) groups is 3. The summed E-state index contributed by atoms with van der Waals surface area (Å²) in [5, 5.41) is 2.60. The van der Waals surface area contributed by atoms with Gasteiger partial charge < -0.3 is 15.8 Å². The molecule has 0 spiro atoms. The highest BCUT2D eigenvalue weighted by Crippen LogP contribution is 2.17. The van der Waals surface area contributed by atoms with Gasteiger partial charge in [-0.3, -0.25) is 9.59 Å².